The fourth-order valence-electron chi connectivity index (χ4n) is 9.71. The Labute approximate surface area is 324 Å². The summed E-state index contributed by atoms with van der Waals surface area (Å²) in [6.07, 6.45) is 0. The summed E-state index contributed by atoms with van der Waals surface area (Å²) in [6.45, 7) is 0. The second-order valence-corrected chi connectivity index (χ2v) is 14.7. The largest absolute Gasteiger partial charge is 0.456 e. The summed E-state index contributed by atoms with van der Waals surface area (Å²) in [5.41, 5.74) is 13.8. The summed E-state index contributed by atoms with van der Waals surface area (Å²) in [4.78, 5) is 2.48. The van der Waals surface area contributed by atoms with E-state index in [-0.39, 0.29) is 0 Å². The normalized spacial score (nSPS) is 15.0. The smallest absolute Gasteiger partial charge is 0.140 e. The molecule has 9 aromatic carbocycles. The molecule has 0 bridgehead atoms. The Balaban J connectivity index is 1.23. The summed E-state index contributed by atoms with van der Waals surface area (Å²) in [5, 5.41) is 4.43. The van der Waals surface area contributed by atoms with Crippen LogP contribution in [0.5, 0.6) is 11.5 Å². The standard InChI is InChI=1S/C53H33NO2/c1-2-16-34(17-3-1)36-19-7-11-26-44(36)54(46-28-15-31-49-51(46)39-22-8-12-29-47(39)55-49)45-27-14-25-42-50(45)38-21-6-9-23-40(38)53(42)41-24-10-13-30-48(41)56-52-37-20-5-4-18-35(37)32-33-43(52)53/h1-33H. The fourth-order valence-corrected chi connectivity index (χ4v) is 9.71. The minimum atomic E-state index is -0.630. The number of benzene rings is 9. The third kappa shape index (κ3) is 4.17. The molecule has 1 aliphatic carbocycles. The minimum absolute atomic E-state index is 0.630. The number of fused-ring (bicyclic) bond motifs is 14. The maximum atomic E-state index is 6.95. The van der Waals surface area contributed by atoms with Crippen molar-refractivity contribution < 1.29 is 9.15 Å². The summed E-state index contributed by atoms with van der Waals surface area (Å²) in [7, 11) is 0. The van der Waals surface area contributed by atoms with Crippen molar-refractivity contribution in [3.63, 3.8) is 0 Å². The van der Waals surface area contributed by atoms with E-state index >= 15 is 0 Å². The molecule has 12 rings (SSSR count). The molecule has 1 unspecified atom stereocenters. The molecule has 2 aliphatic rings. The summed E-state index contributed by atoms with van der Waals surface area (Å²) < 4.78 is 13.5. The highest BCUT2D eigenvalue weighted by molar-refractivity contribution is 6.15. The molecule has 262 valence electrons. The molecule has 56 heavy (non-hydrogen) atoms. The Bertz CT molecular complexity index is 3200. The van der Waals surface area contributed by atoms with Gasteiger partial charge in [-0.15, -0.1) is 0 Å². The number of furan rings is 1. The van der Waals surface area contributed by atoms with E-state index in [2.05, 4.69) is 199 Å². The first-order valence-electron chi connectivity index (χ1n) is 19.2. The maximum absolute atomic E-state index is 6.95. The molecule has 1 atom stereocenters. The zero-order valence-corrected chi connectivity index (χ0v) is 30.3. The number of ether oxygens (including phenoxy) is 1. The average molecular weight is 716 g/mol. The van der Waals surface area contributed by atoms with Crippen molar-refractivity contribution in [2.45, 2.75) is 5.41 Å². The SMILES string of the molecule is c1ccc(-c2ccccc2N(c2cccc3c2-c2ccccc2C32c3ccccc3Oc3c2ccc2ccccc32)c2cccc3oc4ccccc4c23)cc1. The van der Waals surface area contributed by atoms with Gasteiger partial charge >= 0.3 is 0 Å². The van der Waals surface area contributed by atoms with Crippen molar-refractivity contribution in [2.75, 3.05) is 4.90 Å². The van der Waals surface area contributed by atoms with Gasteiger partial charge in [0.25, 0.3) is 0 Å². The molecule has 0 N–H and O–H groups in total. The number of para-hydroxylation sites is 3. The number of hydrogen-bond acceptors (Lipinski definition) is 3. The highest BCUT2D eigenvalue weighted by atomic mass is 16.5. The third-order valence-electron chi connectivity index (χ3n) is 11.9. The Hall–Kier alpha value is -7.36. The Morgan fingerprint density at radius 3 is 1.95 bits per heavy atom. The molecule has 3 nitrogen and oxygen atoms in total. The van der Waals surface area contributed by atoms with E-state index < -0.39 is 5.41 Å². The molecule has 2 heterocycles. The zero-order valence-electron chi connectivity index (χ0n) is 30.3. The van der Waals surface area contributed by atoms with Crippen molar-refractivity contribution in [1.29, 1.82) is 0 Å². The first-order chi connectivity index (χ1) is 27.8. The maximum Gasteiger partial charge on any atom is 0.140 e. The Morgan fingerprint density at radius 1 is 0.393 bits per heavy atom. The van der Waals surface area contributed by atoms with Gasteiger partial charge in [0.05, 0.1) is 27.9 Å². The molecule has 0 radical (unpaired) electrons. The molecule has 1 spiro atoms. The van der Waals surface area contributed by atoms with Crippen LogP contribution in [0.2, 0.25) is 0 Å². The van der Waals surface area contributed by atoms with Gasteiger partial charge in [-0.2, -0.15) is 0 Å². The number of nitrogens with zero attached hydrogens (tertiary/aromatic N) is 1. The highest BCUT2D eigenvalue weighted by Crippen LogP contribution is 2.65. The van der Waals surface area contributed by atoms with Crippen molar-refractivity contribution in [1.82, 2.24) is 0 Å². The van der Waals surface area contributed by atoms with Crippen molar-refractivity contribution in [2.24, 2.45) is 0 Å². The van der Waals surface area contributed by atoms with Gasteiger partial charge < -0.3 is 14.1 Å². The van der Waals surface area contributed by atoms with E-state index in [0.717, 1.165) is 83.5 Å². The van der Waals surface area contributed by atoms with Gasteiger partial charge in [0.2, 0.25) is 0 Å². The van der Waals surface area contributed by atoms with Gasteiger partial charge in [0.1, 0.15) is 22.7 Å². The van der Waals surface area contributed by atoms with Gasteiger partial charge in [0, 0.05) is 33.0 Å². The lowest BCUT2D eigenvalue weighted by Gasteiger charge is -2.40. The van der Waals surface area contributed by atoms with Gasteiger partial charge in [0.15, 0.2) is 0 Å². The highest BCUT2D eigenvalue weighted by Gasteiger charge is 2.52. The van der Waals surface area contributed by atoms with Crippen LogP contribution in [0.15, 0.2) is 205 Å². The van der Waals surface area contributed by atoms with Crippen LogP contribution in [0.1, 0.15) is 22.3 Å². The molecule has 0 saturated carbocycles. The van der Waals surface area contributed by atoms with Crippen LogP contribution >= 0.6 is 0 Å². The predicted octanol–water partition coefficient (Wildman–Crippen LogP) is 14.3. The van der Waals surface area contributed by atoms with Gasteiger partial charge in [-0.25, -0.2) is 0 Å². The van der Waals surface area contributed by atoms with E-state index in [1.165, 1.54) is 22.3 Å². The van der Waals surface area contributed by atoms with Crippen LogP contribution in [0.4, 0.5) is 17.1 Å². The minimum Gasteiger partial charge on any atom is -0.456 e. The van der Waals surface area contributed by atoms with Crippen LogP contribution in [-0.2, 0) is 5.41 Å². The zero-order chi connectivity index (χ0) is 36.8. The Morgan fingerprint density at radius 2 is 1.04 bits per heavy atom. The first kappa shape index (κ1) is 31.0. The molecular weight excluding hydrogens is 683 g/mol. The molecule has 0 amide bonds. The van der Waals surface area contributed by atoms with Crippen molar-refractivity contribution in [3.8, 4) is 33.8 Å². The second kappa shape index (κ2) is 11.8. The van der Waals surface area contributed by atoms with Crippen LogP contribution in [-0.4, -0.2) is 0 Å². The average Bonchev–Trinajstić information content (AvgIpc) is 3.79. The third-order valence-corrected chi connectivity index (χ3v) is 11.9. The van der Waals surface area contributed by atoms with Gasteiger partial charge in [-0.3, -0.25) is 0 Å². The number of anilines is 3. The number of rotatable bonds is 4. The van der Waals surface area contributed by atoms with Crippen LogP contribution in [0, 0.1) is 0 Å². The van der Waals surface area contributed by atoms with Gasteiger partial charge in [-0.05, 0) is 64.0 Å². The van der Waals surface area contributed by atoms with E-state index in [4.69, 9.17) is 9.15 Å². The summed E-state index contributed by atoms with van der Waals surface area (Å²) in [5.74, 6) is 1.79. The lowest BCUT2D eigenvalue weighted by atomic mass is 9.65. The van der Waals surface area contributed by atoms with Crippen molar-refractivity contribution in [3.05, 3.63) is 222 Å². The van der Waals surface area contributed by atoms with Gasteiger partial charge in [-0.1, -0.05) is 164 Å². The number of hydrogen-bond donors (Lipinski definition) is 0. The van der Waals surface area contributed by atoms with Crippen LogP contribution in [0.3, 0.4) is 0 Å². The molecule has 0 fully saturated rings. The van der Waals surface area contributed by atoms with E-state index in [1.54, 1.807) is 0 Å². The van der Waals surface area contributed by atoms with E-state index in [1.807, 2.05) is 6.07 Å². The molecule has 0 saturated heterocycles. The van der Waals surface area contributed by atoms with E-state index in [9.17, 15) is 0 Å². The molecule has 1 aromatic heterocycles. The lowest BCUT2D eigenvalue weighted by Crippen LogP contribution is -2.32. The van der Waals surface area contributed by atoms with Crippen LogP contribution < -0.4 is 9.64 Å². The molecular formula is C53H33NO2. The second-order valence-electron chi connectivity index (χ2n) is 14.7. The molecule has 1 aliphatic heterocycles. The Kier molecular flexibility index (Phi) is 6.55. The quantitative estimate of drug-likeness (QED) is 0.181. The first-order valence-corrected chi connectivity index (χ1v) is 19.2. The molecule has 10 aromatic rings. The topological polar surface area (TPSA) is 25.6 Å². The summed E-state index contributed by atoms with van der Waals surface area (Å²) >= 11 is 0. The molecule has 3 heteroatoms. The monoisotopic (exact) mass is 715 g/mol. The van der Waals surface area contributed by atoms with E-state index in [0.29, 0.717) is 0 Å². The van der Waals surface area contributed by atoms with Crippen molar-refractivity contribution >= 4 is 49.8 Å². The predicted molar refractivity (Wildman–Crippen MR) is 229 cm³/mol. The summed E-state index contributed by atoms with van der Waals surface area (Å²) in [6, 6.07) is 71.9. The fraction of sp³-hybridized carbons (Fsp3) is 0.0189. The lowest BCUT2D eigenvalue weighted by molar-refractivity contribution is 0.441. The van der Waals surface area contributed by atoms with Crippen LogP contribution in [0.25, 0.3) is 55.0 Å².